The first-order valence-corrected chi connectivity index (χ1v) is 17.5. The number of rotatable bonds is 4. The molecule has 11 rings (SSSR count). The Hall–Kier alpha value is -7.11. The molecule has 0 aliphatic rings. The standard InChI is InChI=1S/C47H29N5/c1-3-13-30(14-4-1)39-29-40(31-15-5-2-6-16-31)50-47(49-39)51-41-20-10-9-19-37(41)45-42(51)23-22-36-38-27-34-25-32-17-7-8-18-33(32)26-35(34)28-43(38)52(46(36)45)44-21-11-12-24-48-44/h1-29H. The van der Waals surface area contributed by atoms with E-state index in [0.717, 1.165) is 61.2 Å². The van der Waals surface area contributed by atoms with Crippen LogP contribution in [0.1, 0.15) is 0 Å². The van der Waals surface area contributed by atoms with Gasteiger partial charge >= 0.3 is 0 Å². The third kappa shape index (κ3) is 4.33. The number of hydrogen-bond donors (Lipinski definition) is 0. The van der Waals surface area contributed by atoms with Crippen LogP contribution in [0.5, 0.6) is 0 Å². The highest BCUT2D eigenvalue weighted by atomic mass is 15.2. The molecule has 4 aromatic heterocycles. The summed E-state index contributed by atoms with van der Waals surface area (Å²) in [5.41, 5.74) is 8.15. The molecule has 4 heterocycles. The van der Waals surface area contributed by atoms with Crippen LogP contribution in [0.15, 0.2) is 176 Å². The predicted molar refractivity (Wildman–Crippen MR) is 214 cm³/mol. The molecule has 0 bridgehead atoms. The second-order valence-electron chi connectivity index (χ2n) is 13.3. The largest absolute Gasteiger partial charge is 0.293 e. The summed E-state index contributed by atoms with van der Waals surface area (Å²) in [5.74, 6) is 1.50. The first-order valence-electron chi connectivity index (χ1n) is 17.5. The first-order chi connectivity index (χ1) is 25.8. The summed E-state index contributed by atoms with van der Waals surface area (Å²) < 4.78 is 4.57. The van der Waals surface area contributed by atoms with Gasteiger partial charge in [0, 0.05) is 38.9 Å². The number of para-hydroxylation sites is 1. The molecule has 0 spiro atoms. The van der Waals surface area contributed by atoms with Crippen LogP contribution in [0.3, 0.4) is 0 Å². The van der Waals surface area contributed by atoms with Gasteiger partial charge in [0.15, 0.2) is 0 Å². The molecule has 0 atom stereocenters. The molecule has 5 heteroatoms. The van der Waals surface area contributed by atoms with Crippen molar-refractivity contribution < 1.29 is 0 Å². The summed E-state index contributed by atoms with van der Waals surface area (Å²) >= 11 is 0. The molecular weight excluding hydrogens is 635 g/mol. The normalized spacial score (nSPS) is 11.8. The Morgan fingerprint density at radius 3 is 1.71 bits per heavy atom. The number of benzene rings is 7. The van der Waals surface area contributed by atoms with Crippen molar-refractivity contribution in [2.24, 2.45) is 0 Å². The highest BCUT2D eigenvalue weighted by Gasteiger charge is 2.23. The van der Waals surface area contributed by atoms with Gasteiger partial charge in [-0.15, -0.1) is 0 Å². The molecule has 0 fully saturated rings. The van der Waals surface area contributed by atoms with E-state index in [2.05, 4.69) is 161 Å². The molecule has 0 saturated carbocycles. The maximum absolute atomic E-state index is 5.27. The van der Waals surface area contributed by atoms with E-state index in [-0.39, 0.29) is 0 Å². The van der Waals surface area contributed by atoms with E-state index < -0.39 is 0 Å². The molecule has 5 nitrogen and oxygen atoms in total. The quantitative estimate of drug-likeness (QED) is 0.176. The van der Waals surface area contributed by atoms with Crippen LogP contribution in [0, 0.1) is 0 Å². The van der Waals surface area contributed by atoms with Gasteiger partial charge in [-0.2, -0.15) is 0 Å². The second kappa shape index (κ2) is 11.2. The Labute approximate surface area is 298 Å². The van der Waals surface area contributed by atoms with Gasteiger partial charge in [0.25, 0.3) is 0 Å². The number of hydrogen-bond acceptors (Lipinski definition) is 3. The summed E-state index contributed by atoms with van der Waals surface area (Å²) in [6.45, 7) is 0. The van der Waals surface area contributed by atoms with Crippen LogP contribution in [0.25, 0.3) is 99.4 Å². The van der Waals surface area contributed by atoms with Gasteiger partial charge in [-0.1, -0.05) is 115 Å². The number of pyridine rings is 1. The zero-order valence-electron chi connectivity index (χ0n) is 28.0. The molecule has 0 N–H and O–H groups in total. The average Bonchev–Trinajstić information content (AvgIpc) is 3.72. The molecule has 0 radical (unpaired) electrons. The molecule has 0 aliphatic heterocycles. The van der Waals surface area contributed by atoms with Crippen molar-refractivity contribution in [3.63, 3.8) is 0 Å². The number of aromatic nitrogens is 5. The van der Waals surface area contributed by atoms with E-state index in [4.69, 9.17) is 15.0 Å². The Kier molecular flexibility index (Phi) is 6.18. The van der Waals surface area contributed by atoms with Crippen molar-refractivity contribution in [3.05, 3.63) is 176 Å². The Balaban J connectivity index is 1.28. The van der Waals surface area contributed by atoms with Gasteiger partial charge in [-0.05, 0) is 76.1 Å². The maximum atomic E-state index is 5.27. The zero-order valence-corrected chi connectivity index (χ0v) is 28.0. The van der Waals surface area contributed by atoms with Crippen molar-refractivity contribution in [3.8, 4) is 34.3 Å². The predicted octanol–water partition coefficient (Wildman–Crippen LogP) is 11.7. The molecule has 242 valence electrons. The Bertz CT molecular complexity index is 3100. The lowest BCUT2D eigenvalue weighted by molar-refractivity contribution is 0.995. The minimum absolute atomic E-state index is 0.628. The molecule has 52 heavy (non-hydrogen) atoms. The lowest BCUT2D eigenvalue weighted by Gasteiger charge is -2.12. The van der Waals surface area contributed by atoms with Crippen LogP contribution >= 0.6 is 0 Å². The van der Waals surface area contributed by atoms with Crippen LogP contribution < -0.4 is 0 Å². The summed E-state index contributed by atoms with van der Waals surface area (Å²) in [5, 5.41) is 9.52. The van der Waals surface area contributed by atoms with E-state index >= 15 is 0 Å². The maximum Gasteiger partial charge on any atom is 0.235 e. The van der Waals surface area contributed by atoms with Gasteiger partial charge in [0.05, 0.1) is 33.5 Å². The lowest BCUT2D eigenvalue weighted by Crippen LogP contribution is -2.04. The Morgan fingerprint density at radius 1 is 0.385 bits per heavy atom. The van der Waals surface area contributed by atoms with Gasteiger partial charge in [-0.25, -0.2) is 15.0 Å². The summed E-state index contributed by atoms with van der Waals surface area (Å²) in [4.78, 5) is 15.5. The minimum atomic E-state index is 0.628. The smallest absolute Gasteiger partial charge is 0.235 e. The van der Waals surface area contributed by atoms with Crippen molar-refractivity contribution in [2.75, 3.05) is 0 Å². The van der Waals surface area contributed by atoms with E-state index in [1.807, 2.05) is 24.4 Å². The van der Waals surface area contributed by atoms with Crippen LogP contribution in [-0.4, -0.2) is 24.1 Å². The molecule has 11 aromatic rings. The highest BCUT2D eigenvalue weighted by molar-refractivity contribution is 6.27. The third-order valence-electron chi connectivity index (χ3n) is 10.3. The Morgan fingerprint density at radius 2 is 1.02 bits per heavy atom. The fourth-order valence-corrected chi connectivity index (χ4v) is 7.98. The van der Waals surface area contributed by atoms with Crippen LogP contribution in [-0.2, 0) is 0 Å². The molecule has 0 aliphatic carbocycles. The summed E-state index contributed by atoms with van der Waals surface area (Å²) in [6, 6.07) is 59.9. The number of fused-ring (bicyclic) bond motifs is 9. The lowest BCUT2D eigenvalue weighted by atomic mass is 10.0. The first kappa shape index (κ1) is 28.7. The zero-order chi connectivity index (χ0) is 34.2. The van der Waals surface area contributed by atoms with E-state index in [0.29, 0.717) is 5.95 Å². The fraction of sp³-hybridized carbons (Fsp3) is 0. The fourth-order valence-electron chi connectivity index (χ4n) is 7.98. The molecule has 0 amide bonds. The monoisotopic (exact) mass is 663 g/mol. The van der Waals surface area contributed by atoms with Gasteiger partial charge < -0.3 is 0 Å². The molecule has 7 aromatic carbocycles. The molecule has 0 saturated heterocycles. The van der Waals surface area contributed by atoms with Crippen molar-refractivity contribution in [2.45, 2.75) is 0 Å². The molecular formula is C47H29N5. The summed E-state index contributed by atoms with van der Waals surface area (Å²) in [7, 11) is 0. The van der Waals surface area contributed by atoms with Gasteiger partial charge in [-0.3, -0.25) is 9.13 Å². The van der Waals surface area contributed by atoms with Crippen molar-refractivity contribution in [1.82, 2.24) is 24.1 Å². The van der Waals surface area contributed by atoms with Gasteiger partial charge in [0.2, 0.25) is 5.95 Å². The third-order valence-corrected chi connectivity index (χ3v) is 10.3. The number of nitrogens with zero attached hydrogens (tertiary/aromatic N) is 5. The van der Waals surface area contributed by atoms with E-state index in [1.165, 1.54) is 32.3 Å². The van der Waals surface area contributed by atoms with E-state index in [1.54, 1.807) is 0 Å². The molecule has 0 unspecified atom stereocenters. The minimum Gasteiger partial charge on any atom is -0.293 e. The van der Waals surface area contributed by atoms with Crippen molar-refractivity contribution >= 4 is 65.2 Å². The van der Waals surface area contributed by atoms with E-state index in [9.17, 15) is 0 Å². The average molecular weight is 664 g/mol. The van der Waals surface area contributed by atoms with Gasteiger partial charge in [0.1, 0.15) is 5.82 Å². The van der Waals surface area contributed by atoms with Crippen LogP contribution in [0.4, 0.5) is 0 Å². The van der Waals surface area contributed by atoms with Crippen LogP contribution in [0.2, 0.25) is 0 Å². The SMILES string of the molecule is c1ccc(-c2cc(-c3ccccc3)nc(-n3c4ccccc4c4c3ccc3c5cc6cc7ccccc7cc6cc5n(-c5ccccn5)c34)n2)cc1. The topological polar surface area (TPSA) is 48.5 Å². The second-order valence-corrected chi connectivity index (χ2v) is 13.3. The van der Waals surface area contributed by atoms with Crippen molar-refractivity contribution in [1.29, 1.82) is 0 Å². The summed E-state index contributed by atoms with van der Waals surface area (Å²) in [6.07, 6.45) is 1.87. The highest BCUT2D eigenvalue weighted by Crippen LogP contribution is 2.43.